The molecular weight excluding hydrogens is 196 g/mol. The van der Waals surface area contributed by atoms with E-state index >= 15 is 0 Å². The molecule has 16 heavy (non-hydrogen) atoms. The van der Waals surface area contributed by atoms with E-state index in [0.29, 0.717) is 0 Å². The first-order chi connectivity index (χ1) is 7.93. The van der Waals surface area contributed by atoms with Crippen LogP contribution >= 0.6 is 0 Å². The second kappa shape index (κ2) is 4.56. The van der Waals surface area contributed by atoms with Crippen LogP contribution in [0.25, 0.3) is 0 Å². The molecule has 2 nitrogen and oxygen atoms in total. The molecule has 0 spiro atoms. The minimum Gasteiger partial charge on any atom is -0.315 e. The van der Waals surface area contributed by atoms with Crippen molar-refractivity contribution in [1.82, 2.24) is 10.2 Å². The molecule has 1 N–H and O–H groups in total. The van der Waals surface area contributed by atoms with Gasteiger partial charge in [0.15, 0.2) is 0 Å². The van der Waals surface area contributed by atoms with Crippen LogP contribution in [-0.4, -0.2) is 30.1 Å². The van der Waals surface area contributed by atoms with Crippen LogP contribution in [0, 0.1) is 0 Å². The van der Waals surface area contributed by atoms with Gasteiger partial charge in [-0.1, -0.05) is 30.3 Å². The second-order valence-corrected chi connectivity index (χ2v) is 5.04. The van der Waals surface area contributed by atoms with Crippen LogP contribution in [0.5, 0.6) is 0 Å². The lowest BCUT2D eigenvalue weighted by atomic mass is 10.1. The normalized spacial score (nSPS) is 30.2. The monoisotopic (exact) mass is 216 g/mol. The van der Waals surface area contributed by atoms with E-state index in [2.05, 4.69) is 40.5 Å². The molecule has 2 atom stereocenters. The van der Waals surface area contributed by atoms with E-state index in [0.717, 1.165) is 18.6 Å². The van der Waals surface area contributed by atoms with Gasteiger partial charge in [-0.05, 0) is 31.4 Å². The topological polar surface area (TPSA) is 15.3 Å². The van der Waals surface area contributed by atoms with Gasteiger partial charge in [0, 0.05) is 25.2 Å². The van der Waals surface area contributed by atoms with Crippen LogP contribution in [0.1, 0.15) is 24.8 Å². The summed E-state index contributed by atoms with van der Waals surface area (Å²) in [6.45, 7) is 3.52. The molecule has 1 aromatic carbocycles. The van der Waals surface area contributed by atoms with E-state index in [1.165, 1.54) is 37.9 Å². The van der Waals surface area contributed by atoms with Gasteiger partial charge < -0.3 is 5.32 Å². The first-order valence-corrected chi connectivity index (χ1v) is 6.44. The molecule has 86 valence electrons. The highest BCUT2D eigenvalue weighted by Crippen LogP contribution is 2.29. The van der Waals surface area contributed by atoms with Crippen molar-refractivity contribution in [2.24, 2.45) is 0 Å². The first kappa shape index (κ1) is 10.3. The standard InChI is InChI=1S/C14H20N2/c1-2-4-12(5-3-1)11-16-13-6-7-14(16)10-15-9-8-13/h1-5,13-15H,6-11H2/t13-,14-/m1/s1. The van der Waals surface area contributed by atoms with Crippen LogP contribution in [-0.2, 0) is 6.54 Å². The Balaban J connectivity index is 1.74. The molecule has 2 saturated heterocycles. The fourth-order valence-electron chi connectivity index (χ4n) is 3.13. The van der Waals surface area contributed by atoms with Crippen LogP contribution in [0.15, 0.2) is 30.3 Å². The Hall–Kier alpha value is -0.860. The van der Waals surface area contributed by atoms with E-state index in [-0.39, 0.29) is 0 Å². The van der Waals surface area contributed by atoms with Crippen molar-refractivity contribution in [3.05, 3.63) is 35.9 Å². The highest BCUT2D eigenvalue weighted by atomic mass is 15.2. The molecule has 2 heteroatoms. The summed E-state index contributed by atoms with van der Waals surface area (Å²) in [4.78, 5) is 2.72. The maximum atomic E-state index is 3.55. The highest BCUT2D eigenvalue weighted by Gasteiger charge is 2.34. The summed E-state index contributed by atoms with van der Waals surface area (Å²) in [6.07, 6.45) is 4.10. The van der Waals surface area contributed by atoms with E-state index in [4.69, 9.17) is 0 Å². The quantitative estimate of drug-likeness (QED) is 0.813. The predicted octanol–water partition coefficient (Wildman–Crippen LogP) is 2.01. The minimum absolute atomic E-state index is 0.771. The fourth-order valence-corrected chi connectivity index (χ4v) is 3.13. The lowest BCUT2D eigenvalue weighted by Crippen LogP contribution is -2.37. The summed E-state index contributed by atoms with van der Waals surface area (Å²) < 4.78 is 0. The molecule has 0 aromatic heterocycles. The van der Waals surface area contributed by atoms with Gasteiger partial charge >= 0.3 is 0 Å². The Morgan fingerprint density at radius 1 is 1.06 bits per heavy atom. The van der Waals surface area contributed by atoms with Crippen LogP contribution in [0.4, 0.5) is 0 Å². The number of rotatable bonds is 2. The van der Waals surface area contributed by atoms with Crippen LogP contribution in [0.2, 0.25) is 0 Å². The van der Waals surface area contributed by atoms with Gasteiger partial charge in [-0.25, -0.2) is 0 Å². The van der Waals surface area contributed by atoms with E-state index in [1.807, 2.05) is 0 Å². The largest absolute Gasteiger partial charge is 0.315 e. The predicted molar refractivity (Wildman–Crippen MR) is 66.3 cm³/mol. The summed E-state index contributed by atoms with van der Waals surface area (Å²) >= 11 is 0. The van der Waals surface area contributed by atoms with E-state index in [1.54, 1.807) is 0 Å². The van der Waals surface area contributed by atoms with Gasteiger partial charge in [0.25, 0.3) is 0 Å². The SMILES string of the molecule is c1ccc(CN2[C@H]3CCNC[C@H]2CC3)cc1. The fraction of sp³-hybridized carbons (Fsp3) is 0.571. The molecule has 2 aliphatic heterocycles. The first-order valence-electron chi connectivity index (χ1n) is 6.44. The van der Waals surface area contributed by atoms with Gasteiger partial charge in [0.05, 0.1) is 0 Å². The van der Waals surface area contributed by atoms with Crippen molar-refractivity contribution in [1.29, 1.82) is 0 Å². The lowest BCUT2D eigenvalue weighted by molar-refractivity contribution is 0.193. The van der Waals surface area contributed by atoms with Crippen LogP contribution < -0.4 is 5.32 Å². The Kier molecular flexibility index (Phi) is 2.94. The second-order valence-electron chi connectivity index (χ2n) is 5.04. The van der Waals surface area contributed by atoms with E-state index < -0.39 is 0 Å². The smallest absolute Gasteiger partial charge is 0.0240 e. The Morgan fingerprint density at radius 2 is 1.88 bits per heavy atom. The van der Waals surface area contributed by atoms with Gasteiger partial charge in [0.2, 0.25) is 0 Å². The zero-order valence-electron chi connectivity index (χ0n) is 9.73. The highest BCUT2D eigenvalue weighted by molar-refractivity contribution is 5.15. The van der Waals surface area contributed by atoms with Gasteiger partial charge in [0.1, 0.15) is 0 Å². The summed E-state index contributed by atoms with van der Waals surface area (Å²) in [7, 11) is 0. The van der Waals surface area contributed by atoms with Crippen molar-refractivity contribution in [3.63, 3.8) is 0 Å². The minimum atomic E-state index is 0.771. The third-order valence-electron chi connectivity index (χ3n) is 4.01. The zero-order chi connectivity index (χ0) is 10.8. The third-order valence-corrected chi connectivity index (χ3v) is 4.01. The zero-order valence-corrected chi connectivity index (χ0v) is 9.73. The maximum absolute atomic E-state index is 3.55. The van der Waals surface area contributed by atoms with Crippen molar-refractivity contribution in [3.8, 4) is 0 Å². The molecule has 3 rings (SSSR count). The average Bonchev–Trinajstić information content (AvgIpc) is 2.54. The van der Waals surface area contributed by atoms with Gasteiger partial charge in [-0.2, -0.15) is 0 Å². The Labute approximate surface area is 97.6 Å². The molecule has 0 aliphatic carbocycles. The third kappa shape index (κ3) is 2.00. The van der Waals surface area contributed by atoms with Crippen molar-refractivity contribution in [2.75, 3.05) is 13.1 Å². The number of hydrogen-bond acceptors (Lipinski definition) is 2. The summed E-state index contributed by atoms with van der Waals surface area (Å²) in [6, 6.07) is 12.5. The molecule has 0 amide bonds. The summed E-state index contributed by atoms with van der Waals surface area (Å²) in [5.41, 5.74) is 1.46. The molecule has 2 heterocycles. The van der Waals surface area contributed by atoms with E-state index in [9.17, 15) is 0 Å². The van der Waals surface area contributed by atoms with Crippen molar-refractivity contribution in [2.45, 2.75) is 37.9 Å². The average molecular weight is 216 g/mol. The summed E-state index contributed by atoms with van der Waals surface area (Å²) in [5.74, 6) is 0. The van der Waals surface area contributed by atoms with Gasteiger partial charge in [-0.15, -0.1) is 0 Å². The maximum Gasteiger partial charge on any atom is 0.0240 e. The molecular formula is C14H20N2. The van der Waals surface area contributed by atoms with Gasteiger partial charge in [-0.3, -0.25) is 4.90 Å². The molecule has 2 aliphatic rings. The molecule has 1 aromatic rings. The number of nitrogens with one attached hydrogen (secondary N) is 1. The molecule has 2 bridgehead atoms. The number of nitrogens with zero attached hydrogens (tertiary/aromatic N) is 1. The molecule has 0 radical (unpaired) electrons. The number of benzene rings is 1. The lowest BCUT2D eigenvalue weighted by Gasteiger charge is -2.27. The molecule has 2 fully saturated rings. The number of hydrogen-bond donors (Lipinski definition) is 1. The van der Waals surface area contributed by atoms with Crippen LogP contribution in [0.3, 0.4) is 0 Å². The molecule has 0 unspecified atom stereocenters. The van der Waals surface area contributed by atoms with Crippen molar-refractivity contribution >= 4 is 0 Å². The molecule has 0 saturated carbocycles. The Morgan fingerprint density at radius 3 is 2.75 bits per heavy atom. The van der Waals surface area contributed by atoms with Crippen molar-refractivity contribution < 1.29 is 0 Å². The summed E-state index contributed by atoms with van der Waals surface area (Å²) in [5, 5.41) is 3.55. The number of fused-ring (bicyclic) bond motifs is 2. The Bertz CT molecular complexity index is 322.